The highest BCUT2D eigenvalue weighted by atomic mass is 16.2. The minimum absolute atomic E-state index is 0.184. The van der Waals surface area contributed by atoms with Gasteiger partial charge >= 0.3 is 0 Å². The third-order valence-electron chi connectivity index (χ3n) is 8.98. The van der Waals surface area contributed by atoms with Crippen LogP contribution in [-0.4, -0.2) is 34.5 Å². The molecule has 1 saturated heterocycles. The van der Waals surface area contributed by atoms with Crippen LogP contribution in [0.15, 0.2) is 97.3 Å². The zero-order valence-corrected chi connectivity index (χ0v) is 23.1. The molecule has 4 unspecified atom stereocenters. The predicted molar refractivity (Wildman–Crippen MR) is 159 cm³/mol. The standard InChI is InChI=1S/C35H29N3O3/c1-20-8-11-23(12-9-20)33(40)31-30(32(39)24-14-16-36-17-15-24)35(26-6-4-5-7-27(26)37-34(35)41)29-19-22(3)25-18-21(2)10-13-28(25)38(29)31/h4-19,29-31H,1-3H3,(H,37,41). The SMILES string of the molecule is CC1=CC2N(c3ccc(C)cc31)C(C(=O)c1ccc(C)cc1)C(C(=O)c1ccncc1)C21C(=O)Nc2ccccc21. The van der Waals surface area contributed by atoms with Crippen LogP contribution in [0.2, 0.25) is 0 Å². The van der Waals surface area contributed by atoms with E-state index in [2.05, 4.69) is 27.3 Å². The molecular formula is C35H29N3O3. The molecule has 3 aliphatic rings. The van der Waals surface area contributed by atoms with Gasteiger partial charge in [0.2, 0.25) is 5.91 Å². The second kappa shape index (κ2) is 9.10. The number of para-hydroxylation sites is 1. The number of anilines is 2. The summed E-state index contributed by atoms with van der Waals surface area (Å²) in [4.78, 5) is 50.1. The Morgan fingerprint density at radius 3 is 2.27 bits per heavy atom. The van der Waals surface area contributed by atoms with E-state index in [4.69, 9.17) is 0 Å². The number of carbonyl (C=O) groups is 3. The Morgan fingerprint density at radius 1 is 0.829 bits per heavy atom. The molecule has 1 N–H and O–H groups in total. The average molecular weight is 540 g/mol. The van der Waals surface area contributed by atoms with Crippen molar-refractivity contribution in [3.63, 3.8) is 0 Å². The lowest BCUT2D eigenvalue weighted by Gasteiger charge is -2.39. The van der Waals surface area contributed by atoms with Gasteiger partial charge in [0.05, 0.1) is 12.0 Å². The van der Waals surface area contributed by atoms with Crippen molar-refractivity contribution in [2.24, 2.45) is 5.92 Å². The molecule has 4 atom stereocenters. The summed E-state index contributed by atoms with van der Waals surface area (Å²) >= 11 is 0. The van der Waals surface area contributed by atoms with Gasteiger partial charge in [-0.25, -0.2) is 0 Å². The Hall–Kier alpha value is -4.84. The first-order valence-electron chi connectivity index (χ1n) is 13.9. The van der Waals surface area contributed by atoms with Crippen LogP contribution in [0.1, 0.15) is 49.9 Å². The van der Waals surface area contributed by atoms with Gasteiger partial charge in [-0.2, -0.15) is 0 Å². The highest BCUT2D eigenvalue weighted by Gasteiger charge is 2.70. The van der Waals surface area contributed by atoms with E-state index in [9.17, 15) is 14.4 Å². The third-order valence-corrected chi connectivity index (χ3v) is 8.98. The molecular weight excluding hydrogens is 510 g/mol. The van der Waals surface area contributed by atoms with E-state index < -0.39 is 23.4 Å². The number of aromatic nitrogens is 1. The van der Waals surface area contributed by atoms with Gasteiger partial charge in [-0.1, -0.05) is 65.7 Å². The second-order valence-corrected chi connectivity index (χ2v) is 11.3. The maximum absolute atomic E-state index is 14.7. The molecule has 0 bridgehead atoms. The van der Waals surface area contributed by atoms with Crippen LogP contribution in [0.4, 0.5) is 11.4 Å². The molecule has 0 saturated carbocycles. The number of nitrogens with zero attached hydrogens (tertiary/aromatic N) is 2. The van der Waals surface area contributed by atoms with Gasteiger partial charge < -0.3 is 10.2 Å². The first-order chi connectivity index (χ1) is 19.8. The van der Waals surface area contributed by atoms with E-state index >= 15 is 0 Å². The fraction of sp³-hybridized carbons (Fsp3) is 0.200. The number of pyridine rings is 1. The lowest BCUT2D eigenvalue weighted by atomic mass is 9.64. The number of amides is 1. The molecule has 0 aliphatic carbocycles. The molecule has 1 aromatic heterocycles. The average Bonchev–Trinajstić information content (AvgIpc) is 3.45. The van der Waals surface area contributed by atoms with Crippen molar-refractivity contribution in [1.29, 1.82) is 0 Å². The fourth-order valence-corrected chi connectivity index (χ4v) is 7.13. The quantitative estimate of drug-likeness (QED) is 0.325. The number of hydrogen-bond donors (Lipinski definition) is 1. The highest BCUT2D eigenvalue weighted by Crippen LogP contribution is 2.58. The number of benzene rings is 3. The minimum Gasteiger partial charge on any atom is -0.352 e. The highest BCUT2D eigenvalue weighted by molar-refractivity contribution is 6.18. The molecule has 6 nitrogen and oxygen atoms in total. The smallest absolute Gasteiger partial charge is 0.238 e. The number of ketones is 2. The van der Waals surface area contributed by atoms with Gasteiger partial charge in [-0.05, 0) is 62.2 Å². The summed E-state index contributed by atoms with van der Waals surface area (Å²) in [5.41, 5.74) is 6.02. The summed E-state index contributed by atoms with van der Waals surface area (Å²) in [5, 5.41) is 3.08. The van der Waals surface area contributed by atoms with Crippen LogP contribution in [0, 0.1) is 19.8 Å². The minimum atomic E-state index is -1.33. The number of nitrogens with one attached hydrogen (secondary N) is 1. The Balaban J connectivity index is 1.56. The number of rotatable bonds is 4. The van der Waals surface area contributed by atoms with Gasteiger partial charge in [-0.15, -0.1) is 0 Å². The molecule has 1 amide bonds. The normalized spacial score (nSPS) is 23.9. The molecule has 0 radical (unpaired) electrons. The Labute approximate surface area is 238 Å². The van der Waals surface area contributed by atoms with Crippen LogP contribution in [0.25, 0.3) is 5.57 Å². The number of allylic oxidation sites excluding steroid dienone is 1. The van der Waals surface area contributed by atoms with Crippen LogP contribution in [-0.2, 0) is 10.2 Å². The summed E-state index contributed by atoms with van der Waals surface area (Å²) in [6.45, 7) is 6.05. The molecule has 3 aliphatic heterocycles. The Morgan fingerprint density at radius 2 is 1.51 bits per heavy atom. The van der Waals surface area contributed by atoms with E-state index in [0.29, 0.717) is 16.8 Å². The predicted octanol–water partition coefficient (Wildman–Crippen LogP) is 5.94. The van der Waals surface area contributed by atoms with Crippen LogP contribution in [0.5, 0.6) is 0 Å². The monoisotopic (exact) mass is 539 g/mol. The van der Waals surface area contributed by atoms with Crippen LogP contribution >= 0.6 is 0 Å². The molecule has 6 heteroatoms. The van der Waals surface area contributed by atoms with E-state index in [1.807, 2.05) is 81.4 Å². The first-order valence-corrected chi connectivity index (χ1v) is 13.9. The maximum Gasteiger partial charge on any atom is 0.238 e. The molecule has 3 aromatic carbocycles. The summed E-state index contributed by atoms with van der Waals surface area (Å²) in [6, 6.07) is 23.0. The largest absolute Gasteiger partial charge is 0.352 e. The van der Waals surface area contributed by atoms with Crippen molar-refractivity contribution in [3.05, 3.63) is 131 Å². The van der Waals surface area contributed by atoms with Gasteiger partial charge in [0.1, 0.15) is 11.5 Å². The molecule has 41 heavy (non-hydrogen) atoms. The number of hydrogen-bond acceptors (Lipinski definition) is 5. The van der Waals surface area contributed by atoms with Gasteiger partial charge in [0, 0.05) is 40.5 Å². The zero-order chi connectivity index (χ0) is 28.5. The summed E-state index contributed by atoms with van der Waals surface area (Å²) in [7, 11) is 0. The van der Waals surface area contributed by atoms with Crippen molar-refractivity contribution < 1.29 is 14.4 Å². The van der Waals surface area contributed by atoms with Crippen molar-refractivity contribution in [3.8, 4) is 0 Å². The third kappa shape index (κ3) is 3.50. The van der Waals surface area contributed by atoms with Crippen LogP contribution < -0.4 is 10.2 Å². The van der Waals surface area contributed by atoms with E-state index in [1.54, 1.807) is 24.5 Å². The van der Waals surface area contributed by atoms with E-state index in [1.165, 1.54) is 0 Å². The first kappa shape index (κ1) is 25.1. The Kier molecular flexibility index (Phi) is 5.58. The fourth-order valence-electron chi connectivity index (χ4n) is 7.13. The van der Waals surface area contributed by atoms with E-state index in [-0.39, 0.29) is 17.5 Å². The molecule has 4 heterocycles. The van der Waals surface area contributed by atoms with Gasteiger partial charge in [0.25, 0.3) is 0 Å². The van der Waals surface area contributed by atoms with Crippen molar-refractivity contribution in [2.45, 2.75) is 38.3 Å². The van der Waals surface area contributed by atoms with Gasteiger partial charge in [-0.3, -0.25) is 19.4 Å². The lowest BCUT2D eigenvalue weighted by Crippen LogP contribution is -2.51. The van der Waals surface area contributed by atoms with Crippen molar-refractivity contribution in [2.75, 3.05) is 10.2 Å². The lowest BCUT2D eigenvalue weighted by molar-refractivity contribution is -0.121. The van der Waals surface area contributed by atoms with E-state index in [0.717, 1.165) is 33.5 Å². The summed E-state index contributed by atoms with van der Waals surface area (Å²) in [6.07, 6.45) is 5.23. The second-order valence-electron chi connectivity index (χ2n) is 11.3. The van der Waals surface area contributed by atoms with Crippen LogP contribution in [0.3, 0.4) is 0 Å². The van der Waals surface area contributed by atoms with Crippen molar-refractivity contribution in [1.82, 2.24) is 4.98 Å². The van der Waals surface area contributed by atoms with Crippen molar-refractivity contribution >= 4 is 34.4 Å². The summed E-state index contributed by atoms with van der Waals surface area (Å²) in [5.74, 6) is -1.70. The van der Waals surface area contributed by atoms with Gasteiger partial charge in [0.15, 0.2) is 11.6 Å². The summed E-state index contributed by atoms with van der Waals surface area (Å²) < 4.78 is 0. The zero-order valence-electron chi connectivity index (χ0n) is 23.1. The number of fused-ring (bicyclic) bond motifs is 6. The molecule has 1 fully saturated rings. The molecule has 4 aromatic rings. The Bertz CT molecular complexity index is 1780. The number of carbonyl (C=O) groups excluding carboxylic acids is 3. The number of aryl methyl sites for hydroxylation is 2. The molecule has 202 valence electrons. The maximum atomic E-state index is 14.7. The number of Topliss-reactive ketones (excluding diaryl/α,β-unsaturated/α-hetero) is 2. The molecule has 1 spiro atoms. The molecule has 7 rings (SSSR count). The topological polar surface area (TPSA) is 79.4 Å².